The minimum atomic E-state index is -2.09. The second kappa shape index (κ2) is 13.4. The SMILES string of the molecule is CC(C)[Si](OC[C@H]1O[C@H]2CC=CO[C@@H]2[C@@H](OCc2ccccc2)[C@@H]1OCc1ccccc1)(C(C)C)C(C)C. The molecule has 2 aromatic rings. The third-order valence-corrected chi connectivity index (χ3v) is 14.3. The number of hydrogen-bond donors (Lipinski definition) is 0. The molecule has 0 unspecified atom stereocenters. The highest BCUT2D eigenvalue weighted by Crippen LogP contribution is 2.43. The molecule has 0 aliphatic carbocycles. The molecule has 2 aliphatic rings. The van der Waals surface area contributed by atoms with E-state index >= 15 is 0 Å². The molecule has 2 heterocycles. The fraction of sp³-hybridized carbons (Fsp3) is 0.562. The maximum atomic E-state index is 7.05. The van der Waals surface area contributed by atoms with Crippen LogP contribution in [0.1, 0.15) is 59.1 Å². The summed E-state index contributed by atoms with van der Waals surface area (Å²) < 4.78 is 33.2. The van der Waals surface area contributed by atoms with Crippen molar-refractivity contribution in [1.29, 1.82) is 0 Å². The van der Waals surface area contributed by atoms with E-state index in [4.69, 9.17) is 23.4 Å². The smallest absolute Gasteiger partial charge is 0.200 e. The Morgan fingerprint density at radius 3 is 1.82 bits per heavy atom. The Hall–Kier alpha value is -1.96. The third kappa shape index (κ3) is 6.60. The molecule has 6 heteroatoms. The lowest BCUT2D eigenvalue weighted by atomic mass is 9.92. The normalized spacial score (nSPS) is 25.6. The average Bonchev–Trinajstić information content (AvgIpc) is 2.91. The average molecular weight is 539 g/mol. The van der Waals surface area contributed by atoms with Crippen molar-refractivity contribution in [2.75, 3.05) is 6.61 Å². The van der Waals surface area contributed by atoms with Crippen molar-refractivity contribution in [2.24, 2.45) is 0 Å². The van der Waals surface area contributed by atoms with Crippen LogP contribution in [0.4, 0.5) is 0 Å². The van der Waals surface area contributed by atoms with Crippen LogP contribution >= 0.6 is 0 Å². The maximum Gasteiger partial charge on any atom is 0.200 e. The molecule has 0 spiro atoms. The molecule has 1 saturated heterocycles. The summed E-state index contributed by atoms with van der Waals surface area (Å²) in [5.74, 6) is 0. The first kappa shape index (κ1) is 29.0. The van der Waals surface area contributed by atoms with Crippen LogP contribution in [0, 0.1) is 0 Å². The Morgan fingerprint density at radius 1 is 0.763 bits per heavy atom. The Balaban J connectivity index is 1.61. The van der Waals surface area contributed by atoms with E-state index < -0.39 is 8.32 Å². The maximum absolute atomic E-state index is 7.05. The molecule has 5 atom stereocenters. The van der Waals surface area contributed by atoms with E-state index in [-0.39, 0.29) is 30.5 Å². The van der Waals surface area contributed by atoms with Crippen molar-refractivity contribution in [3.05, 3.63) is 84.1 Å². The lowest BCUT2D eigenvalue weighted by molar-refractivity contribution is -0.260. The van der Waals surface area contributed by atoms with E-state index in [0.717, 1.165) is 17.5 Å². The van der Waals surface area contributed by atoms with Gasteiger partial charge >= 0.3 is 0 Å². The Labute approximate surface area is 230 Å². The summed E-state index contributed by atoms with van der Waals surface area (Å²) in [5.41, 5.74) is 3.73. The van der Waals surface area contributed by atoms with Gasteiger partial charge in [-0.25, -0.2) is 0 Å². The molecule has 0 saturated carbocycles. The largest absolute Gasteiger partial charge is 0.493 e. The van der Waals surface area contributed by atoms with Gasteiger partial charge in [-0.3, -0.25) is 0 Å². The van der Waals surface area contributed by atoms with Crippen LogP contribution in [-0.2, 0) is 36.6 Å². The Kier molecular flexibility index (Phi) is 10.2. The summed E-state index contributed by atoms with van der Waals surface area (Å²) in [6.45, 7) is 15.4. The van der Waals surface area contributed by atoms with E-state index in [1.54, 1.807) is 6.26 Å². The zero-order chi connectivity index (χ0) is 27.1. The first-order chi connectivity index (χ1) is 18.3. The summed E-state index contributed by atoms with van der Waals surface area (Å²) in [7, 11) is -2.09. The first-order valence-electron chi connectivity index (χ1n) is 14.2. The van der Waals surface area contributed by atoms with E-state index in [1.807, 2.05) is 42.5 Å². The lowest BCUT2D eigenvalue weighted by Gasteiger charge is -2.48. The number of fused-ring (bicyclic) bond motifs is 1. The first-order valence-corrected chi connectivity index (χ1v) is 16.4. The van der Waals surface area contributed by atoms with Gasteiger partial charge in [-0.1, -0.05) is 102 Å². The second-order valence-electron chi connectivity index (χ2n) is 11.6. The van der Waals surface area contributed by atoms with Crippen LogP contribution in [0.2, 0.25) is 16.6 Å². The third-order valence-electron chi connectivity index (χ3n) is 8.21. The minimum Gasteiger partial charge on any atom is -0.493 e. The van der Waals surface area contributed by atoms with Crippen molar-refractivity contribution in [3.63, 3.8) is 0 Å². The monoisotopic (exact) mass is 538 g/mol. The van der Waals surface area contributed by atoms with Crippen molar-refractivity contribution >= 4 is 8.32 Å². The minimum absolute atomic E-state index is 0.0980. The van der Waals surface area contributed by atoms with Gasteiger partial charge in [0.25, 0.3) is 0 Å². The predicted octanol–water partition coefficient (Wildman–Crippen LogP) is 7.42. The summed E-state index contributed by atoms with van der Waals surface area (Å²) >= 11 is 0. The molecule has 0 amide bonds. The molecule has 0 N–H and O–H groups in total. The molecular weight excluding hydrogens is 492 g/mol. The molecule has 38 heavy (non-hydrogen) atoms. The molecule has 0 aromatic heterocycles. The second-order valence-corrected chi connectivity index (χ2v) is 17.0. The molecule has 1 fully saturated rings. The van der Waals surface area contributed by atoms with Gasteiger partial charge in [0.2, 0.25) is 0 Å². The zero-order valence-electron chi connectivity index (χ0n) is 23.9. The van der Waals surface area contributed by atoms with Gasteiger partial charge in [-0.05, 0) is 40.2 Å². The summed E-state index contributed by atoms with van der Waals surface area (Å²) in [4.78, 5) is 0. The van der Waals surface area contributed by atoms with E-state index in [1.165, 1.54) is 0 Å². The highest BCUT2D eigenvalue weighted by atomic mass is 28.4. The highest BCUT2D eigenvalue weighted by Gasteiger charge is 2.51. The molecule has 2 aliphatic heterocycles. The fourth-order valence-electron chi connectivity index (χ4n) is 6.47. The van der Waals surface area contributed by atoms with Gasteiger partial charge < -0.3 is 23.4 Å². The van der Waals surface area contributed by atoms with Crippen molar-refractivity contribution in [2.45, 2.75) is 108 Å². The Morgan fingerprint density at radius 2 is 1.29 bits per heavy atom. The highest BCUT2D eigenvalue weighted by molar-refractivity contribution is 6.77. The van der Waals surface area contributed by atoms with E-state index in [0.29, 0.717) is 36.4 Å². The van der Waals surface area contributed by atoms with E-state index in [2.05, 4.69) is 65.8 Å². The van der Waals surface area contributed by atoms with Crippen LogP contribution in [0.25, 0.3) is 0 Å². The summed E-state index contributed by atoms with van der Waals surface area (Å²) in [5, 5.41) is 0. The van der Waals surface area contributed by atoms with Gasteiger partial charge in [-0.15, -0.1) is 0 Å². The molecule has 5 nitrogen and oxygen atoms in total. The van der Waals surface area contributed by atoms with Crippen LogP contribution in [0.15, 0.2) is 73.0 Å². The van der Waals surface area contributed by atoms with Crippen molar-refractivity contribution in [1.82, 2.24) is 0 Å². The van der Waals surface area contributed by atoms with Gasteiger partial charge in [0.1, 0.15) is 24.4 Å². The molecule has 2 aromatic carbocycles. The quantitative estimate of drug-likeness (QED) is 0.263. The van der Waals surface area contributed by atoms with Crippen LogP contribution in [0.5, 0.6) is 0 Å². The predicted molar refractivity (Wildman–Crippen MR) is 154 cm³/mol. The van der Waals surface area contributed by atoms with E-state index in [9.17, 15) is 0 Å². The number of rotatable bonds is 12. The molecule has 0 bridgehead atoms. The topological polar surface area (TPSA) is 46.2 Å². The summed E-state index contributed by atoms with van der Waals surface area (Å²) in [6, 6.07) is 20.6. The fourth-order valence-corrected chi connectivity index (χ4v) is 11.9. The van der Waals surface area contributed by atoms with Gasteiger partial charge in [0, 0.05) is 0 Å². The molecule has 208 valence electrons. The van der Waals surface area contributed by atoms with Gasteiger partial charge in [0.15, 0.2) is 14.4 Å². The zero-order valence-corrected chi connectivity index (χ0v) is 24.9. The van der Waals surface area contributed by atoms with Crippen molar-refractivity contribution < 1.29 is 23.4 Å². The number of ether oxygens (including phenoxy) is 4. The van der Waals surface area contributed by atoms with Gasteiger partial charge in [0.05, 0.1) is 26.1 Å². The van der Waals surface area contributed by atoms with Crippen LogP contribution in [-0.4, -0.2) is 45.4 Å². The van der Waals surface area contributed by atoms with Crippen molar-refractivity contribution in [3.8, 4) is 0 Å². The Bertz CT molecular complexity index is 972. The van der Waals surface area contributed by atoms with Crippen LogP contribution in [0.3, 0.4) is 0 Å². The molecule has 0 radical (unpaired) electrons. The standard InChI is InChI=1S/C32H46O5Si/c1-23(2)38(24(3)4,25(5)6)36-22-29-31(34-20-26-14-9-7-10-15-26)32(30-28(37-29)18-13-19-33-30)35-21-27-16-11-8-12-17-27/h7-17,19,23-25,28-32H,18,20-22H2,1-6H3/t28-,29+,30-,31+,32+/m0/s1. The lowest BCUT2D eigenvalue weighted by Crippen LogP contribution is -2.62. The molecular formula is C32H46O5Si. The summed E-state index contributed by atoms with van der Waals surface area (Å²) in [6.07, 6.45) is 3.41. The van der Waals surface area contributed by atoms with Crippen LogP contribution < -0.4 is 0 Å². The van der Waals surface area contributed by atoms with Gasteiger partial charge in [-0.2, -0.15) is 0 Å². The number of hydrogen-bond acceptors (Lipinski definition) is 5. The number of benzene rings is 2. The molecule has 4 rings (SSSR count).